The number of nitrogens with two attached hydrogens (primary N) is 1. The van der Waals surface area contributed by atoms with Crippen LogP contribution in [0.5, 0.6) is 0 Å². The molecule has 72 valence electrons. The first-order valence-corrected chi connectivity index (χ1v) is 5.55. The van der Waals surface area contributed by atoms with E-state index in [-0.39, 0.29) is 0 Å². The lowest BCUT2D eigenvalue weighted by molar-refractivity contribution is 0.885. The van der Waals surface area contributed by atoms with E-state index >= 15 is 0 Å². The molecule has 0 saturated carbocycles. The highest BCUT2D eigenvalue weighted by atomic mass is 32.2. The molecule has 3 heteroatoms. The van der Waals surface area contributed by atoms with Crippen molar-refractivity contribution >= 4 is 17.4 Å². The molecule has 0 aliphatic heterocycles. The molecule has 0 saturated heterocycles. The number of likely N-dealkylation sites (N-methyl/N-ethyl adjacent to an activating group) is 1. The Kier molecular flexibility index (Phi) is 4.12. The van der Waals surface area contributed by atoms with Crippen LogP contribution in [0.4, 0.5) is 5.69 Å². The van der Waals surface area contributed by atoms with Crippen molar-refractivity contribution < 1.29 is 0 Å². The van der Waals surface area contributed by atoms with Crippen LogP contribution in [-0.2, 0) is 0 Å². The molecule has 2 N–H and O–H groups in total. The molecule has 0 radical (unpaired) electrons. The number of nitrogens with zero attached hydrogens (tertiary/aromatic N) is 1. The van der Waals surface area contributed by atoms with Gasteiger partial charge in [-0.25, -0.2) is 0 Å². The Hall–Kier alpha value is -0.670. The zero-order valence-corrected chi connectivity index (χ0v) is 8.97. The number of anilines is 1. The monoisotopic (exact) mass is 196 g/mol. The molecule has 0 fully saturated rings. The van der Waals surface area contributed by atoms with Gasteiger partial charge in [0.05, 0.1) is 0 Å². The van der Waals surface area contributed by atoms with E-state index in [0.29, 0.717) is 6.54 Å². The summed E-state index contributed by atoms with van der Waals surface area (Å²) in [7, 11) is 2.06. The first-order valence-electron chi connectivity index (χ1n) is 4.33. The number of hydrogen-bond donors (Lipinski definition) is 1. The van der Waals surface area contributed by atoms with E-state index in [1.165, 1.54) is 10.6 Å². The van der Waals surface area contributed by atoms with Gasteiger partial charge in [-0.3, -0.25) is 0 Å². The predicted octanol–water partition coefficient (Wildman–Crippen LogP) is 1.80. The molecule has 0 heterocycles. The molecule has 0 spiro atoms. The predicted molar refractivity (Wildman–Crippen MR) is 60.5 cm³/mol. The molecule has 1 aromatic carbocycles. The van der Waals surface area contributed by atoms with E-state index in [0.717, 1.165) is 6.54 Å². The van der Waals surface area contributed by atoms with Crippen LogP contribution in [0.15, 0.2) is 29.2 Å². The summed E-state index contributed by atoms with van der Waals surface area (Å²) < 4.78 is 0. The highest BCUT2D eigenvalue weighted by Gasteiger charge is 1.98. The van der Waals surface area contributed by atoms with Crippen molar-refractivity contribution in [3.05, 3.63) is 24.3 Å². The van der Waals surface area contributed by atoms with Gasteiger partial charge in [-0.15, -0.1) is 11.8 Å². The van der Waals surface area contributed by atoms with Gasteiger partial charge < -0.3 is 10.6 Å². The number of benzene rings is 1. The van der Waals surface area contributed by atoms with Gasteiger partial charge in [0.25, 0.3) is 0 Å². The maximum Gasteiger partial charge on any atom is 0.0364 e. The van der Waals surface area contributed by atoms with Crippen molar-refractivity contribution in [3.8, 4) is 0 Å². The van der Waals surface area contributed by atoms with E-state index in [1.807, 2.05) is 0 Å². The van der Waals surface area contributed by atoms with Crippen LogP contribution in [0.3, 0.4) is 0 Å². The fraction of sp³-hybridized carbons (Fsp3) is 0.400. The van der Waals surface area contributed by atoms with E-state index in [9.17, 15) is 0 Å². The molecule has 0 aromatic heterocycles. The van der Waals surface area contributed by atoms with Crippen molar-refractivity contribution in [3.63, 3.8) is 0 Å². The maximum atomic E-state index is 5.48. The third-order valence-electron chi connectivity index (χ3n) is 1.98. The van der Waals surface area contributed by atoms with E-state index in [1.54, 1.807) is 11.8 Å². The van der Waals surface area contributed by atoms with Gasteiger partial charge in [-0.05, 0) is 30.5 Å². The molecule has 2 nitrogen and oxygen atoms in total. The molecule has 0 bridgehead atoms. The Balaban J connectivity index is 2.67. The van der Waals surface area contributed by atoms with Crippen LogP contribution in [0.2, 0.25) is 0 Å². The Labute approximate surface area is 84.1 Å². The second kappa shape index (κ2) is 5.14. The molecule has 0 unspecified atom stereocenters. The average Bonchev–Trinajstić information content (AvgIpc) is 2.18. The summed E-state index contributed by atoms with van der Waals surface area (Å²) in [5, 5.41) is 0. The topological polar surface area (TPSA) is 29.3 Å². The van der Waals surface area contributed by atoms with Crippen LogP contribution in [0.25, 0.3) is 0 Å². The molecular formula is C10H16N2S. The molecule has 0 atom stereocenters. The quantitative estimate of drug-likeness (QED) is 0.745. The number of thioether (sulfide) groups is 1. The summed E-state index contributed by atoms with van der Waals surface area (Å²) in [6.07, 6.45) is 2.08. The summed E-state index contributed by atoms with van der Waals surface area (Å²) in [6, 6.07) is 8.52. The summed E-state index contributed by atoms with van der Waals surface area (Å²) in [6.45, 7) is 1.60. The third-order valence-corrected chi connectivity index (χ3v) is 2.72. The van der Waals surface area contributed by atoms with Gasteiger partial charge in [0.1, 0.15) is 0 Å². The van der Waals surface area contributed by atoms with Crippen LogP contribution in [-0.4, -0.2) is 26.4 Å². The zero-order chi connectivity index (χ0) is 9.68. The normalized spacial score (nSPS) is 10.1. The molecule has 0 aliphatic rings. The summed E-state index contributed by atoms with van der Waals surface area (Å²) in [5.41, 5.74) is 6.70. The summed E-state index contributed by atoms with van der Waals surface area (Å²) in [4.78, 5) is 3.45. The fourth-order valence-corrected chi connectivity index (χ4v) is 1.57. The molecule has 0 amide bonds. The lowest BCUT2D eigenvalue weighted by Crippen LogP contribution is -2.24. The minimum Gasteiger partial charge on any atom is -0.373 e. The van der Waals surface area contributed by atoms with E-state index < -0.39 is 0 Å². The summed E-state index contributed by atoms with van der Waals surface area (Å²) in [5.74, 6) is 0. The zero-order valence-electron chi connectivity index (χ0n) is 8.16. The van der Waals surface area contributed by atoms with Gasteiger partial charge >= 0.3 is 0 Å². The Morgan fingerprint density at radius 2 is 1.92 bits per heavy atom. The van der Waals surface area contributed by atoms with Gasteiger partial charge in [0.15, 0.2) is 0 Å². The van der Waals surface area contributed by atoms with Crippen LogP contribution in [0, 0.1) is 0 Å². The smallest absolute Gasteiger partial charge is 0.0364 e. The van der Waals surface area contributed by atoms with Crippen molar-refractivity contribution in [1.82, 2.24) is 0 Å². The summed E-state index contributed by atoms with van der Waals surface area (Å²) >= 11 is 1.76. The van der Waals surface area contributed by atoms with Crippen molar-refractivity contribution in [2.24, 2.45) is 5.73 Å². The number of rotatable bonds is 4. The Bertz CT molecular complexity index is 246. The average molecular weight is 196 g/mol. The SMILES string of the molecule is CSc1ccc(N(C)CCN)cc1. The van der Waals surface area contributed by atoms with Crippen molar-refractivity contribution in [2.45, 2.75) is 4.90 Å². The highest BCUT2D eigenvalue weighted by molar-refractivity contribution is 7.98. The first kappa shape index (κ1) is 10.4. The van der Waals surface area contributed by atoms with Crippen molar-refractivity contribution in [1.29, 1.82) is 0 Å². The van der Waals surface area contributed by atoms with Crippen LogP contribution >= 0.6 is 11.8 Å². The molecule has 13 heavy (non-hydrogen) atoms. The standard InChI is InChI=1S/C10H16N2S/c1-12(8-7-11)9-3-5-10(13-2)6-4-9/h3-6H,7-8,11H2,1-2H3. The Morgan fingerprint density at radius 1 is 1.31 bits per heavy atom. The maximum absolute atomic E-state index is 5.48. The highest BCUT2D eigenvalue weighted by Crippen LogP contribution is 2.19. The second-order valence-corrected chi connectivity index (χ2v) is 3.79. The van der Waals surface area contributed by atoms with Gasteiger partial charge in [0, 0.05) is 30.7 Å². The minimum atomic E-state index is 0.695. The van der Waals surface area contributed by atoms with Gasteiger partial charge in [-0.2, -0.15) is 0 Å². The second-order valence-electron chi connectivity index (χ2n) is 2.91. The molecule has 1 rings (SSSR count). The fourth-order valence-electron chi connectivity index (χ4n) is 1.16. The third kappa shape index (κ3) is 2.94. The molecular weight excluding hydrogens is 180 g/mol. The largest absolute Gasteiger partial charge is 0.373 e. The van der Waals surface area contributed by atoms with Crippen LogP contribution in [0.1, 0.15) is 0 Å². The van der Waals surface area contributed by atoms with E-state index in [4.69, 9.17) is 5.73 Å². The van der Waals surface area contributed by atoms with Crippen LogP contribution < -0.4 is 10.6 Å². The van der Waals surface area contributed by atoms with Gasteiger partial charge in [0.2, 0.25) is 0 Å². The lowest BCUT2D eigenvalue weighted by atomic mass is 10.3. The number of hydrogen-bond acceptors (Lipinski definition) is 3. The molecule has 1 aromatic rings. The van der Waals surface area contributed by atoms with Crippen molar-refractivity contribution in [2.75, 3.05) is 31.3 Å². The lowest BCUT2D eigenvalue weighted by Gasteiger charge is -2.18. The minimum absolute atomic E-state index is 0.695. The molecule has 0 aliphatic carbocycles. The Morgan fingerprint density at radius 3 is 2.38 bits per heavy atom. The first-order chi connectivity index (χ1) is 6.27. The van der Waals surface area contributed by atoms with Gasteiger partial charge in [-0.1, -0.05) is 0 Å². The van der Waals surface area contributed by atoms with E-state index in [2.05, 4.69) is 42.5 Å².